The lowest BCUT2D eigenvalue weighted by molar-refractivity contribution is -0.135. The Balaban J connectivity index is 1.39. The number of anilines is 1. The van der Waals surface area contributed by atoms with Crippen LogP contribution in [-0.2, 0) is 16.2 Å². The number of benzene rings is 2. The maximum atomic E-state index is 13.8. The van der Waals surface area contributed by atoms with Crippen LogP contribution in [0.4, 0.5) is 10.1 Å². The third kappa shape index (κ3) is 5.18. The van der Waals surface area contributed by atoms with Gasteiger partial charge >= 0.3 is 0 Å². The van der Waals surface area contributed by atoms with E-state index in [4.69, 9.17) is 15.4 Å². The van der Waals surface area contributed by atoms with Crippen LogP contribution in [0.25, 0.3) is 0 Å². The highest BCUT2D eigenvalue weighted by molar-refractivity contribution is 5.75. The van der Waals surface area contributed by atoms with Crippen molar-refractivity contribution >= 4 is 11.6 Å². The highest BCUT2D eigenvalue weighted by Gasteiger charge is 2.26. The number of hydrogen-bond donors (Lipinski definition) is 2. The minimum Gasteiger partial charge on any atom is -0.403 e. The van der Waals surface area contributed by atoms with Crippen LogP contribution >= 0.6 is 0 Å². The summed E-state index contributed by atoms with van der Waals surface area (Å²) >= 11 is 0. The largest absolute Gasteiger partial charge is 0.403 e. The second-order valence-corrected chi connectivity index (χ2v) is 6.33. The number of carbonyl (C=O) groups is 1. The fourth-order valence-corrected chi connectivity index (χ4v) is 2.85. The van der Waals surface area contributed by atoms with Crippen LogP contribution in [0.5, 0.6) is 5.75 Å². The molecule has 1 aliphatic heterocycles. The van der Waals surface area contributed by atoms with Gasteiger partial charge in [0.2, 0.25) is 5.91 Å². The van der Waals surface area contributed by atoms with E-state index in [-0.39, 0.29) is 17.6 Å². The van der Waals surface area contributed by atoms with Crippen LogP contribution in [0.1, 0.15) is 18.4 Å². The lowest BCUT2D eigenvalue weighted by Crippen LogP contribution is -2.28. The lowest BCUT2D eigenvalue weighted by Gasteiger charge is -2.17. The summed E-state index contributed by atoms with van der Waals surface area (Å²) in [7, 11) is 0. The minimum absolute atomic E-state index is 0.132. The van der Waals surface area contributed by atoms with Crippen LogP contribution in [0.15, 0.2) is 48.5 Å². The monoisotopic (exact) mass is 359 g/mol. The molecule has 7 heteroatoms. The molecule has 1 fully saturated rings. The van der Waals surface area contributed by atoms with Crippen molar-refractivity contribution in [3.05, 3.63) is 59.9 Å². The first-order valence-corrected chi connectivity index (χ1v) is 8.52. The SMILES string of the molecule is Nc1ccc(ON2CCC(CC(=O)NOCc3ccccc3)C2)c(F)c1. The molecule has 1 unspecified atom stereocenters. The summed E-state index contributed by atoms with van der Waals surface area (Å²) in [6, 6.07) is 13.9. The molecule has 0 aromatic heterocycles. The van der Waals surface area contributed by atoms with Crippen molar-refractivity contribution in [2.24, 2.45) is 5.92 Å². The van der Waals surface area contributed by atoms with Crippen molar-refractivity contribution in [2.75, 3.05) is 18.8 Å². The van der Waals surface area contributed by atoms with Gasteiger partial charge in [0, 0.05) is 31.3 Å². The second kappa shape index (κ2) is 8.64. The van der Waals surface area contributed by atoms with Crippen LogP contribution in [0.3, 0.4) is 0 Å². The van der Waals surface area contributed by atoms with E-state index in [1.807, 2.05) is 30.3 Å². The molecule has 3 rings (SSSR count). The van der Waals surface area contributed by atoms with Gasteiger partial charge in [-0.15, -0.1) is 5.06 Å². The molecule has 1 heterocycles. The number of nitrogens with one attached hydrogen (secondary N) is 1. The van der Waals surface area contributed by atoms with E-state index < -0.39 is 5.82 Å². The van der Waals surface area contributed by atoms with E-state index >= 15 is 0 Å². The first-order chi connectivity index (χ1) is 12.6. The molecule has 26 heavy (non-hydrogen) atoms. The van der Waals surface area contributed by atoms with Gasteiger partial charge < -0.3 is 10.6 Å². The number of amides is 1. The number of nitrogen functional groups attached to an aromatic ring is 1. The summed E-state index contributed by atoms with van der Waals surface area (Å²) in [5, 5.41) is 1.66. The number of hydroxylamine groups is 3. The summed E-state index contributed by atoms with van der Waals surface area (Å²) in [5.41, 5.74) is 9.32. The number of hydrogen-bond acceptors (Lipinski definition) is 5. The van der Waals surface area contributed by atoms with Crippen molar-refractivity contribution in [3.63, 3.8) is 0 Å². The Bertz CT molecular complexity index is 742. The molecule has 3 N–H and O–H groups in total. The average Bonchev–Trinajstić information content (AvgIpc) is 3.05. The third-order valence-corrected chi connectivity index (χ3v) is 4.17. The molecule has 138 valence electrons. The Labute approximate surface area is 151 Å². The smallest absolute Gasteiger partial charge is 0.243 e. The summed E-state index contributed by atoms with van der Waals surface area (Å²) in [6.45, 7) is 1.51. The van der Waals surface area contributed by atoms with Gasteiger partial charge in [-0.1, -0.05) is 30.3 Å². The lowest BCUT2D eigenvalue weighted by atomic mass is 10.1. The van der Waals surface area contributed by atoms with E-state index in [0.29, 0.717) is 31.8 Å². The number of nitrogens with two attached hydrogens (primary N) is 1. The fraction of sp³-hybridized carbons (Fsp3) is 0.316. The molecule has 1 aliphatic rings. The van der Waals surface area contributed by atoms with Gasteiger partial charge in [-0.3, -0.25) is 9.63 Å². The van der Waals surface area contributed by atoms with E-state index in [9.17, 15) is 9.18 Å². The van der Waals surface area contributed by atoms with Gasteiger partial charge in [-0.2, -0.15) is 0 Å². The molecule has 0 bridgehead atoms. The van der Waals surface area contributed by atoms with Gasteiger partial charge in [0.25, 0.3) is 0 Å². The fourth-order valence-electron chi connectivity index (χ4n) is 2.85. The molecule has 1 atom stereocenters. The van der Waals surface area contributed by atoms with Gasteiger partial charge in [0.1, 0.15) is 0 Å². The van der Waals surface area contributed by atoms with E-state index in [1.165, 1.54) is 12.1 Å². The normalized spacial score (nSPS) is 17.2. The maximum absolute atomic E-state index is 13.8. The maximum Gasteiger partial charge on any atom is 0.243 e. The molecule has 0 spiro atoms. The number of nitrogens with zero attached hydrogens (tertiary/aromatic N) is 1. The van der Waals surface area contributed by atoms with E-state index in [0.717, 1.165) is 12.0 Å². The molecule has 1 saturated heterocycles. The summed E-state index contributed by atoms with van der Waals surface area (Å²) < 4.78 is 13.8. The Morgan fingerprint density at radius 2 is 2.08 bits per heavy atom. The minimum atomic E-state index is -0.500. The van der Waals surface area contributed by atoms with Gasteiger partial charge in [-0.05, 0) is 30.0 Å². The van der Waals surface area contributed by atoms with Gasteiger partial charge in [-0.25, -0.2) is 9.87 Å². The Kier molecular flexibility index (Phi) is 6.04. The van der Waals surface area contributed by atoms with Crippen molar-refractivity contribution in [2.45, 2.75) is 19.4 Å². The Hall–Kier alpha value is -2.64. The third-order valence-electron chi connectivity index (χ3n) is 4.17. The summed E-state index contributed by atoms with van der Waals surface area (Å²) in [4.78, 5) is 22.8. The predicted octanol–water partition coefficient (Wildman–Crippen LogP) is 2.66. The van der Waals surface area contributed by atoms with Crippen molar-refractivity contribution in [3.8, 4) is 5.75 Å². The molecule has 0 saturated carbocycles. The molecular formula is C19H22FN3O3. The zero-order chi connectivity index (χ0) is 18.4. The van der Waals surface area contributed by atoms with Crippen LogP contribution in [-0.4, -0.2) is 24.1 Å². The number of rotatable bonds is 7. The first-order valence-electron chi connectivity index (χ1n) is 8.52. The molecular weight excluding hydrogens is 337 g/mol. The second-order valence-electron chi connectivity index (χ2n) is 6.33. The molecule has 0 radical (unpaired) electrons. The standard InChI is InChI=1S/C19H22FN3O3/c20-17-11-16(21)6-7-18(17)26-23-9-8-15(12-23)10-19(24)22-25-13-14-4-2-1-3-5-14/h1-7,11,15H,8-10,12-13,21H2,(H,22,24). The molecule has 6 nitrogen and oxygen atoms in total. The highest BCUT2D eigenvalue weighted by Crippen LogP contribution is 2.25. The van der Waals surface area contributed by atoms with Crippen LogP contribution in [0.2, 0.25) is 0 Å². The van der Waals surface area contributed by atoms with Crippen molar-refractivity contribution in [1.82, 2.24) is 10.5 Å². The van der Waals surface area contributed by atoms with Crippen molar-refractivity contribution < 1.29 is 18.9 Å². The topological polar surface area (TPSA) is 76.8 Å². The van der Waals surface area contributed by atoms with Gasteiger partial charge in [0.15, 0.2) is 11.6 Å². The molecule has 2 aromatic rings. The Morgan fingerprint density at radius 3 is 2.85 bits per heavy atom. The predicted molar refractivity (Wildman–Crippen MR) is 95.1 cm³/mol. The summed E-state index contributed by atoms with van der Waals surface area (Å²) in [6.07, 6.45) is 1.13. The molecule has 1 amide bonds. The van der Waals surface area contributed by atoms with E-state index in [2.05, 4.69) is 5.48 Å². The van der Waals surface area contributed by atoms with Crippen molar-refractivity contribution in [1.29, 1.82) is 0 Å². The highest BCUT2D eigenvalue weighted by atomic mass is 19.1. The van der Waals surface area contributed by atoms with Crippen LogP contribution < -0.4 is 16.1 Å². The zero-order valence-electron chi connectivity index (χ0n) is 14.4. The average molecular weight is 359 g/mol. The molecule has 2 aromatic carbocycles. The Morgan fingerprint density at radius 1 is 1.27 bits per heavy atom. The summed E-state index contributed by atoms with van der Waals surface area (Å²) in [5.74, 6) is -0.408. The van der Waals surface area contributed by atoms with Gasteiger partial charge in [0.05, 0.1) is 6.61 Å². The van der Waals surface area contributed by atoms with Crippen LogP contribution in [0, 0.1) is 11.7 Å². The molecule has 0 aliphatic carbocycles. The number of carbonyl (C=O) groups excluding carboxylic acids is 1. The van der Waals surface area contributed by atoms with E-state index in [1.54, 1.807) is 11.1 Å². The first kappa shape index (κ1) is 18.2. The number of halogens is 1. The quantitative estimate of drug-likeness (QED) is 0.587. The zero-order valence-corrected chi connectivity index (χ0v) is 14.4.